The molecule has 0 bridgehead atoms. The number of ether oxygens (including phenoxy) is 1. The Morgan fingerprint density at radius 3 is 2.26 bits per heavy atom. The van der Waals surface area contributed by atoms with E-state index in [4.69, 9.17) is 4.74 Å². The summed E-state index contributed by atoms with van der Waals surface area (Å²) in [6.45, 7) is 10.2. The van der Waals surface area contributed by atoms with Crippen molar-refractivity contribution in [2.75, 3.05) is 6.61 Å². The van der Waals surface area contributed by atoms with E-state index in [2.05, 4.69) is 5.32 Å². The fourth-order valence-electron chi connectivity index (χ4n) is 1.57. The minimum Gasteiger partial charge on any atom is -0.376 e. The van der Waals surface area contributed by atoms with E-state index in [1.54, 1.807) is 0 Å². The van der Waals surface area contributed by atoms with Crippen LogP contribution < -0.4 is 5.32 Å². The number of hydrogen-bond donors (Lipinski definition) is 1. The zero-order chi connectivity index (χ0) is 14.5. The van der Waals surface area contributed by atoms with E-state index < -0.39 is 5.41 Å². The van der Waals surface area contributed by atoms with Gasteiger partial charge in [-0.05, 0) is 19.4 Å². The predicted octanol–water partition coefficient (Wildman–Crippen LogP) is 3.32. The van der Waals surface area contributed by atoms with Gasteiger partial charge in [0.25, 0.3) is 0 Å². The Labute approximate surface area is 116 Å². The quantitative estimate of drug-likeness (QED) is 0.885. The van der Waals surface area contributed by atoms with Crippen LogP contribution in [0, 0.1) is 5.41 Å². The molecule has 3 nitrogen and oxygen atoms in total. The third kappa shape index (κ3) is 5.43. The number of hydrogen-bond acceptors (Lipinski definition) is 2. The van der Waals surface area contributed by atoms with Crippen molar-refractivity contribution in [3.8, 4) is 0 Å². The Hall–Kier alpha value is -1.35. The minimum absolute atomic E-state index is 0.0358. The van der Waals surface area contributed by atoms with Crippen LogP contribution in [-0.2, 0) is 9.53 Å². The third-order valence-electron chi connectivity index (χ3n) is 2.78. The highest BCUT2D eigenvalue weighted by molar-refractivity contribution is 5.81. The Morgan fingerprint density at radius 2 is 1.79 bits per heavy atom. The Bertz CT molecular complexity index is 393. The summed E-state index contributed by atoms with van der Waals surface area (Å²) in [6, 6.07) is 9.83. The molecule has 1 aromatic carbocycles. The fourth-order valence-corrected chi connectivity index (χ4v) is 1.57. The number of rotatable bonds is 5. The lowest BCUT2D eigenvalue weighted by atomic mass is 9.94. The summed E-state index contributed by atoms with van der Waals surface area (Å²) in [4.78, 5) is 12.1. The molecule has 1 atom stereocenters. The smallest absolute Gasteiger partial charge is 0.225 e. The van der Waals surface area contributed by atoms with Gasteiger partial charge in [-0.15, -0.1) is 0 Å². The van der Waals surface area contributed by atoms with Gasteiger partial charge in [-0.25, -0.2) is 0 Å². The average molecular weight is 263 g/mol. The van der Waals surface area contributed by atoms with Crippen LogP contribution in [0.3, 0.4) is 0 Å². The van der Waals surface area contributed by atoms with Gasteiger partial charge in [-0.1, -0.05) is 51.1 Å². The molecule has 0 aliphatic carbocycles. The minimum atomic E-state index is -0.398. The summed E-state index contributed by atoms with van der Waals surface area (Å²) >= 11 is 0. The molecule has 0 aliphatic heterocycles. The van der Waals surface area contributed by atoms with Crippen LogP contribution in [0.2, 0.25) is 0 Å². The van der Waals surface area contributed by atoms with E-state index in [0.717, 1.165) is 5.56 Å². The molecule has 0 unspecified atom stereocenters. The van der Waals surface area contributed by atoms with Crippen LogP contribution in [0.5, 0.6) is 0 Å². The zero-order valence-electron chi connectivity index (χ0n) is 12.6. The summed E-state index contributed by atoms with van der Waals surface area (Å²) in [5.41, 5.74) is 0.672. The van der Waals surface area contributed by atoms with Crippen molar-refractivity contribution in [2.45, 2.75) is 46.8 Å². The summed E-state index contributed by atoms with van der Waals surface area (Å²) in [5, 5.41) is 3.06. The van der Waals surface area contributed by atoms with E-state index in [-0.39, 0.29) is 18.1 Å². The van der Waals surface area contributed by atoms with Crippen molar-refractivity contribution in [1.82, 2.24) is 5.32 Å². The van der Waals surface area contributed by atoms with Crippen LogP contribution in [0.4, 0.5) is 0 Å². The summed E-state index contributed by atoms with van der Waals surface area (Å²) in [6.07, 6.45) is 0.151. The second kappa shape index (κ2) is 6.71. The molecule has 3 heteroatoms. The SMILES string of the molecule is CC(C)OC[C@@H](NC(=O)C(C)(C)C)c1ccccc1. The van der Waals surface area contributed by atoms with Crippen molar-refractivity contribution in [1.29, 1.82) is 0 Å². The topological polar surface area (TPSA) is 38.3 Å². The van der Waals surface area contributed by atoms with Gasteiger partial charge in [0.2, 0.25) is 5.91 Å². The maximum absolute atomic E-state index is 12.1. The van der Waals surface area contributed by atoms with Gasteiger partial charge in [0, 0.05) is 5.41 Å². The molecule has 0 spiro atoms. The van der Waals surface area contributed by atoms with Gasteiger partial charge in [-0.2, -0.15) is 0 Å². The maximum atomic E-state index is 12.1. The molecule has 1 amide bonds. The highest BCUT2D eigenvalue weighted by atomic mass is 16.5. The second-order valence-corrected chi connectivity index (χ2v) is 6.07. The maximum Gasteiger partial charge on any atom is 0.225 e. The van der Waals surface area contributed by atoms with Gasteiger partial charge >= 0.3 is 0 Å². The normalized spacial score (nSPS) is 13.4. The largest absolute Gasteiger partial charge is 0.376 e. The van der Waals surface area contributed by atoms with E-state index in [0.29, 0.717) is 6.61 Å². The average Bonchev–Trinajstić information content (AvgIpc) is 2.33. The Kier molecular flexibility index (Phi) is 5.55. The van der Waals surface area contributed by atoms with Crippen LogP contribution in [0.15, 0.2) is 30.3 Å². The van der Waals surface area contributed by atoms with Crippen molar-refractivity contribution < 1.29 is 9.53 Å². The lowest BCUT2D eigenvalue weighted by Gasteiger charge is -2.25. The number of carbonyl (C=O) groups excluding carboxylic acids is 1. The van der Waals surface area contributed by atoms with Gasteiger partial charge in [0.05, 0.1) is 18.8 Å². The van der Waals surface area contributed by atoms with E-state index in [1.807, 2.05) is 65.0 Å². The van der Waals surface area contributed by atoms with Crippen LogP contribution in [-0.4, -0.2) is 18.6 Å². The number of amides is 1. The van der Waals surface area contributed by atoms with Crippen molar-refractivity contribution in [2.24, 2.45) is 5.41 Å². The molecule has 0 fully saturated rings. The standard InChI is InChI=1S/C16H25NO2/c1-12(2)19-11-14(13-9-7-6-8-10-13)17-15(18)16(3,4)5/h6-10,12,14H,11H2,1-5H3,(H,17,18)/t14-/m1/s1. The highest BCUT2D eigenvalue weighted by Gasteiger charge is 2.24. The molecule has 0 radical (unpaired) electrons. The van der Waals surface area contributed by atoms with E-state index >= 15 is 0 Å². The summed E-state index contributed by atoms with van der Waals surface area (Å²) < 4.78 is 5.66. The lowest BCUT2D eigenvalue weighted by Crippen LogP contribution is -2.39. The zero-order valence-corrected chi connectivity index (χ0v) is 12.6. The molecule has 1 N–H and O–H groups in total. The first-order valence-electron chi connectivity index (χ1n) is 6.78. The molecule has 1 rings (SSSR count). The molecular weight excluding hydrogens is 238 g/mol. The number of nitrogens with one attached hydrogen (secondary N) is 1. The van der Waals surface area contributed by atoms with Gasteiger partial charge in [0.1, 0.15) is 0 Å². The van der Waals surface area contributed by atoms with Crippen molar-refractivity contribution in [3.05, 3.63) is 35.9 Å². The highest BCUT2D eigenvalue weighted by Crippen LogP contribution is 2.19. The first kappa shape index (κ1) is 15.7. The van der Waals surface area contributed by atoms with Crippen LogP contribution in [0.25, 0.3) is 0 Å². The Morgan fingerprint density at radius 1 is 1.21 bits per heavy atom. The van der Waals surface area contributed by atoms with E-state index in [9.17, 15) is 4.79 Å². The monoisotopic (exact) mass is 263 g/mol. The predicted molar refractivity (Wildman–Crippen MR) is 77.9 cm³/mol. The van der Waals surface area contributed by atoms with Gasteiger partial charge in [0.15, 0.2) is 0 Å². The molecule has 0 aliphatic rings. The second-order valence-electron chi connectivity index (χ2n) is 6.07. The molecule has 0 heterocycles. The summed E-state index contributed by atoms with van der Waals surface area (Å²) in [7, 11) is 0. The third-order valence-corrected chi connectivity index (χ3v) is 2.78. The molecule has 19 heavy (non-hydrogen) atoms. The van der Waals surface area contributed by atoms with Crippen LogP contribution in [0.1, 0.15) is 46.2 Å². The Balaban J connectivity index is 2.79. The molecule has 0 aromatic heterocycles. The van der Waals surface area contributed by atoms with E-state index in [1.165, 1.54) is 0 Å². The van der Waals surface area contributed by atoms with Crippen molar-refractivity contribution >= 4 is 5.91 Å². The number of carbonyl (C=O) groups is 1. The first-order chi connectivity index (χ1) is 8.80. The first-order valence-corrected chi connectivity index (χ1v) is 6.78. The molecule has 1 aromatic rings. The number of benzene rings is 1. The molecule has 106 valence electrons. The van der Waals surface area contributed by atoms with Crippen molar-refractivity contribution in [3.63, 3.8) is 0 Å². The molecular formula is C16H25NO2. The fraction of sp³-hybridized carbons (Fsp3) is 0.562. The lowest BCUT2D eigenvalue weighted by molar-refractivity contribution is -0.130. The molecule has 0 saturated carbocycles. The molecule has 0 saturated heterocycles. The van der Waals surface area contributed by atoms with Gasteiger partial charge in [-0.3, -0.25) is 4.79 Å². The van der Waals surface area contributed by atoms with Crippen LogP contribution >= 0.6 is 0 Å². The van der Waals surface area contributed by atoms with Gasteiger partial charge < -0.3 is 10.1 Å². The summed E-state index contributed by atoms with van der Waals surface area (Å²) in [5.74, 6) is 0.0358.